The molecular formula is C16H19FN4O. The van der Waals surface area contributed by atoms with Gasteiger partial charge < -0.3 is 15.0 Å². The Kier molecular flexibility index (Phi) is 4.80. The van der Waals surface area contributed by atoms with Crippen LogP contribution in [-0.2, 0) is 6.42 Å². The molecule has 0 atom stereocenters. The zero-order valence-electron chi connectivity index (χ0n) is 12.3. The van der Waals surface area contributed by atoms with E-state index in [1.165, 1.54) is 6.07 Å². The van der Waals surface area contributed by atoms with Gasteiger partial charge in [0.15, 0.2) is 5.82 Å². The van der Waals surface area contributed by atoms with Gasteiger partial charge >= 0.3 is 0 Å². The van der Waals surface area contributed by atoms with Gasteiger partial charge in [0, 0.05) is 32.6 Å². The summed E-state index contributed by atoms with van der Waals surface area (Å²) >= 11 is 0. The van der Waals surface area contributed by atoms with Gasteiger partial charge in [-0.2, -0.15) is 4.98 Å². The van der Waals surface area contributed by atoms with E-state index in [0.717, 1.165) is 32.0 Å². The highest BCUT2D eigenvalue weighted by Crippen LogP contribution is 2.15. The first-order valence-corrected chi connectivity index (χ1v) is 7.47. The van der Waals surface area contributed by atoms with Crippen molar-refractivity contribution >= 4 is 5.82 Å². The van der Waals surface area contributed by atoms with E-state index in [4.69, 9.17) is 4.74 Å². The number of hydrogen-bond acceptors (Lipinski definition) is 5. The van der Waals surface area contributed by atoms with Crippen molar-refractivity contribution < 1.29 is 9.13 Å². The lowest BCUT2D eigenvalue weighted by molar-refractivity contribution is 0.306. The third-order valence-corrected chi connectivity index (χ3v) is 3.62. The molecule has 5 nitrogen and oxygen atoms in total. The van der Waals surface area contributed by atoms with Gasteiger partial charge in [-0.1, -0.05) is 18.2 Å². The third kappa shape index (κ3) is 3.71. The highest BCUT2D eigenvalue weighted by atomic mass is 19.1. The molecule has 0 radical (unpaired) electrons. The number of piperazine rings is 1. The van der Waals surface area contributed by atoms with Gasteiger partial charge in [-0.05, 0) is 11.6 Å². The Bertz CT molecular complexity index is 617. The Balaban J connectivity index is 1.57. The standard InChI is InChI=1S/C16H19FN4O/c17-14-4-2-1-3-13(14)5-10-22-16-12-19-11-15(20-16)21-8-6-18-7-9-21/h1-4,11-12,18H,5-10H2. The lowest BCUT2D eigenvalue weighted by atomic mass is 10.1. The maximum Gasteiger partial charge on any atom is 0.234 e. The summed E-state index contributed by atoms with van der Waals surface area (Å²) in [5.41, 5.74) is 0.647. The summed E-state index contributed by atoms with van der Waals surface area (Å²) in [6.07, 6.45) is 3.84. The molecule has 1 aliphatic rings. The smallest absolute Gasteiger partial charge is 0.234 e. The van der Waals surface area contributed by atoms with E-state index in [1.807, 2.05) is 6.07 Å². The predicted octanol–water partition coefficient (Wildman–Crippen LogP) is 1.65. The van der Waals surface area contributed by atoms with Crippen molar-refractivity contribution in [3.8, 4) is 5.88 Å². The molecule has 1 fully saturated rings. The molecule has 1 aliphatic heterocycles. The minimum Gasteiger partial charge on any atom is -0.476 e. The minimum atomic E-state index is -0.202. The lowest BCUT2D eigenvalue weighted by Gasteiger charge is -2.28. The van der Waals surface area contributed by atoms with Crippen LogP contribution in [0.2, 0.25) is 0 Å². The van der Waals surface area contributed by atoms with Gasteiger partial charge in [0.2, 0.25) is 5.88 Å². The van der Waals surface area contributed by atoms with Gasteiger partial charge in [-0.3, -0.25) is 4.98 Å². The fourth-order valence-corrected chi connectivity index (χ4v) is 2.42. The second kappa shape index (κ2) is 7.17. The first-order chi connectivity index (χ1) is 10.8. The average Bonchev–Trinajstić information content (AvgIpc) is 2.58. The number of rotatable bonds is 5. The largest absolute Gasteiger partial charge is 0.476 e. The van der Waals surface area contributed by atoms with Crippen LogP contribution in [0.5, 0.6) is 5.88 Å². The molecule has 2 aromatic rings. The molecule has 1 N–H and O–H groups in total. The van der Waals surface area contributed by atoms with Crippen molar-refractivity contribution in [3.05, 3.63) is 48.0 Å². The molecular weight excluding hydrogens is 283 g/mol. The molecule has 0 amide bonds. The van der Waals surface area contributed by atoms with Gasteiger partial charge in [0.05, 0.1) is 19.0 Å². The number of hydrogen-bond donors (Lipinski definition) is 1. The molecule has 0 bridgehead atoms. The minimum absolute atomic E-state index is 0.202. The second-order valence-corrected chi connectivity index (χ2v) is 5.14. The van der Waals surface area contributed by atoms with Crippen LogP contribution in [0.25, 0.3) is 0 Å². The Morgan fingerprint density at radius 3 is 2.82 bits per heavy atom. The summed E-state index contributed by atoms with van der Waals surface area (Å²) < 4.78 is 19.1. The molecule has 1 aromatic heterocycles. The second-order valence-electron chi connectivity index (χ2n) is 5.14. The quantitative estimate of drug-likeness (QED) is 0.910. The molecule has 3 rings (SSSR count). The number of halogens is 1. The summed E-state index contributed by atoms with van der Waals surface area (Å²) in [7, 11) is 0. The molecule has 22 heavy (non-hydrogen) atoms. The average molecular weight is 302 g/mol. The number of anilines is 1. The zero-order valence-corrected chi connectivity index (χ0v) is 12.3. The number of nitrogens with one attached hydrogen (secondary N) is 1. The van der Waals surface area contributed by atoms with Crippen molar-refractivity contribution in [1.82, 2.24) is 15.3 Å². The summed E-state index contributed by atoms with van der Waals surface area (Å²) in [6, 6.07) is 6.73. The molecule has 0 saturated carbocycles. The Hall–Kier alpha value is -2.21. The molecule has 6 heteroatoms. The first kappa shape index (κ1) is 14.7. The van der Waals surface area contributed by atoms with Crippen LogP contribution in [0.4, 0.5) is 10.2 Å². The molecule has 0 unspecified atom stereocenters. The Labute approximate surface area is 129 Å². The number of benzene rings is 1. The van der Waals surface area contributed by atoms with E-state index in [2.05, 4.69) is 20.2 Å². The monoisotopic (exact) mass is 302 g/mol. The normalized spacial score (nSPS) is 14.9. The van der Waals surface area contributed by atoms with Crippen molar-refractivity contribution in [2.24, 2.45) is 0 Å². The zero-order chi connectivity index (χ0) is 15.2. The predicted molar refractivity (Wildman–Crippen MR) is 82.7 cm³/mol. The summed E-state index contributed by atoms with van der Waals surface area (Å²) in [5.74, 6) is 1.10. The van der Waals surface area contributed by atoms with Gasteiger partial charge in [0.1, 0.15) is 5.82 Å². The van der Waals surface area contributed by atoms with Crippen molar-refractivity contribution in [2.75, 3.05) is 37.7 Å². The molecule has 0 aliphatic carbocycles. The van der Waals surface area contributed by atoms with Crippen LogP contribution >= 0.6 is 0 Å². The fourth-order valence-electron chi connectivity index (χ4n) is 2.42. The molecule has 2 heterocycles. The van der Waals surface area contributed by atoms with Crippen molar-refractivity contribution in [2.45, 2.75) is 6.42 Å². The number of aromatic nitrogens is 2. The maximum absolute atomic E-state index is 13.5. The Morgan fingerprint density at radius 1 is 1.18 bits per heavy atom. The molecule has 116 valence electrons. The van der Waals surface area contributed by atoms with Crippen LogP contribution in [-0.4, -0.2) is 42.8 Å². The highest BCUT2D eigenvalue weighted by Gasteiger charge is 2.12. The number of nitrogens with zero attached hydrogens (tertiary/aromatic N) is 3. The van der Waals surface area contributed by atoms with E-state index in [1.54, 1.807) is 24.5 Å². The fraction of sp³-hybridized carbons (Fsp3) is 0.375. The van der Waals surface area contributed by atoms with Crippen LogP contribution in [0.15, 0.2) is 36.7 Å². The van der Waals surface area contributed by atoms with E-state index < -0.39 is 0 Å². The van der Waals surface area contributed by atoms with E-state index >= 15 is 0 Å². The summed E-state index contributed by atoms with van der Waals surface area (Å²) in [6.45, 7) is 4.08. The third-order valence-electron chi connectivity index (χ3n) is 3.62. The maximum atomic E-state index is 13.5. The van der Waals surface area contributed by atoms with Crippen LogP contribution in [0, 0.1) is 5.82 Å². The molecule has 1 saturated heterocycles. The van der Waals surface area contributed by atoms with E-state index in [0.29, 0.717) is 24.5 Å². The van der Waals surface area contributed by atoms with Gasteiger partial charge in [-0.25, -0.2) is 4.39 Å². The lowest BCUT2D eigenvalue weighted by Crippen LogP contribution is -2.43. The van der Waals surface area contributed by atoms with Crippen LogP contribution in [0.1, 0.15) is 5.56 Å². The van der Waals surface area contributed by atoms with Gasteiger partial charge in [0.25, 0.3) is 0 Å². The molecule has 1 aromatic carbocycles. The molecule has 0 spiro atoms. The first-order valence-electron chi connectivity index (χ1n) is 7.47. The highest BCUT2D eigenvalue weighted by molar-refractivity contribution is 5.38. The van der Waals surface area contributed by atoms with Crippen molar-refractivity contribution in [3.63, 3.8) is 0 Å². The SMILES string of the molecule is Fc1ccccc1CCOc1cncc(N2CCNCC2)n1. The topological polar surface area (TPSA) is 50.3 Å². The van der Waals surface area contributed by atoms with Gasteiger partial charge in [-0.15, -0.1) is 0 Å². The van der Waals surface area contributed by atoms with Crippen molar-refractivity contribution in [1.29, 1.82) is 0 Å². The van der Waals surface area contributed by atoms with Crippen LogP contribution < -0.4 is 15.0 Å². The Morgan fingerprint density at radius 2 is 2.00 bits per heavy atom. The summed E-state index contributed by atoms with van der Waals surface area (Å²) in [5, 5.41) is 3.30. The van der Waals surface area contributed by atoms with Crippen LogP contribution in [0.3, 0.4) is 0 Å². The van der Waals surface area contributed by atoms with E-state index in [9.17, 15) is 4.39 Å². The summed E-state index contributed by atoms with van der Waals surface area (Å²) in [4.78, 5) is 10.8. The van der Waals surface area contributed by atoms with E-state index in [-0.39, 0.29) is 5.82 Å². The number of ether oxygens (including phenoxy) is 1.